The van der Waals surface area contributed by atoms with Crippen LogP contribution in [0.4, 0.5) is 0 Å². The Balaban J connectivity index is 0.00000264. The van der Waals surface area contributed by atoms with Gasteiger partial charge in [-0.1, -0.05) is 23.7 Å². The van der Waals surface area contributed by atoms with Crippen LogP contribution in [0.15, 0.2) is 29.3 Å². The topological polar surface area (TPSA) is 36.4 Å². The van der Waals surface area contributed by atoms with Crippen LogP contribution in [0.1, 0.15) is 37.7 Å². The first-order valence-corrected chi connectivity index (χ1v) is 9.81. The highest BCUT2D eigenvalue weighted by Crippen LogP contribution is 2.41. The second kappa shape index (κ2) is 11.4. The molecule has 0 radical (unpaired) electrons. The largest absolute Gasteiger partial charge is 0.357 e. The van der Waals surface area contributed by atoms with E-state index in [1.807, 2.05) is 23.9 Å². The van der Waals surface area contributed by atoms with Crippen molar-refractivity contribution in [1.29, 1.82) is 0 Å². The number of benzene rings is 1. The second-order valence-corrected chi connectivity index (χ2v) is 7.03. The second-order valence-electron chi connectivity index (χ2n) is 5.61. The lowest BCUT2D eigenvalue weighted by molar-refractivity contribution is 0.767. The molecule has 0 bridgehead atoms. The molecule has 3 nitrogen and oxygen atoms in total. The van der Waals surface area contributed by atoms with Crippen molar-refractivity contribution in [1.82, 2.24) is 10.6 Å². The minimum atomic E-state index is 0. The molecule has 23 heavy (non-hydrogen) atoms. The van der Waals surface area contributed by atoms with E-state index in [0.717, 1.165) is 36.9 Å². The summed E-state index contributed by atoms with van der Waals surface area (Å²) in [4.78, 5) is 4.67. The Hall–Kier alpha value is -0.140. The number of nitrogens with one attached hydrogen (secondary N) is 2. The number of aliphatic imine (C=N–C) groups is 1. The fourth-order valence-electron chi connectivity index (χ4n) is 2.50. The monoisotopic (exact) mass is 467 g/mol. The fraction of sp³-hybridized carbons (Fsp3) is 0.588. The van der Waals surface area contributed by atoms with Gasteiger partial charge in [0, 0.05) is 30.1 Å². The normalized spacial score (nSPS) is 19.9. The zero-order valence-corrected chi connectivity index (χ0v) is 17.8. The minimum absolute atomic E-state index is 0. The molecule has 130 valence electrons. The summed E-state index contributed by atoms with van der Waals surface area (Å²) < 4.78 is 0. The van der Waals surface area contributed by atoms with Crippen LogP contribution in [-0.4, -0.2) is 37.1 Å². The van der Waals surface area contributed by atoms with E-state index in [0.29, 0.717) is 12.0 Å². The van der Waals surface area contributed by atoms with Crippen molar-refractivity contribution in [3.8, 4) is 0 Å². The summed E-state index contributed by atoms with van der Waals surface area (Å²) in [6, 6.07) is 8.65. The molecule has 0 amide bonds. The first-order valence-electron chi connectivity index (χ1n) is 8.03. The molecule has 0 aliphatic heterocycles. The standard InChI is InChI=1S/C17H26ClN3S.HI/c1-3-19-17(20-9-4-5-10-22-2)21-16-12-15(16)13-7-6-8-14(18)11-13;/h6-8,11,15-16H,3-5,9-10,12H2,1-2H3,(H2,19,20,21);1H. The summed E-state index contributed by atoms with van der Waals surface area (Å²) in [5.41, 5.74) is 1.32. The van der Waals surface area contributed by atoms with Gasteiger partial charge in [0.05, 0.1) is 0 Å². The Bertz CT molecular complexity index is 498. The molecule has 0 aromatic heterocycles. The Morgan fingerprint density at radius 2 is 2.22 bits per heavy atom. The summed E-state index contributed by atoms with van der Waals surface area (Å²) in [6.45, 7) is 3.89. The number of hydrogen-bond acceptors (Lipinski definition) is 2. The SMILES string of the molecule is CCNC(=NCCCCSC)NC1CC1c1cccc(Cl)c1.I. The van der Waals surface area contributed by atoms with E-state index in [9.17, 15) is 0 Å². The van der Waals surface area contributed by atoms with Crippen LogP contribution >= 0.6 is 47.3 Å². The smallest absolute Gasteiger partial charge is 0.191 e. The summed E-state index contributed by atoms with van der Waals surface area (Å²) in [5.74, 6) is 2.72. The maximum atomic E-state index is 6.07. The van der Waals surface area contributed by atoms with Crippen LogP contribution in [-0.2, 0) is 0 Å². The molecule has 2 N–H and O–H groups in total. The van der Waals surface area contributed by atoms with Gasteiger partial charge in [0.25, 0.3) is 0 Å². The summed E-state index contributed by atoms with van der Waals surface area (Å²) in [6.07, 6.45) is 5.69. The number of halogens is 2. The Labute approximate surface area is 166 Å². The third-order valence-electron chi connectivity index (χ3n) is 3.76. The maximum Gasteiger partial charge on any atom is 0.191 e. The average molecular weight is 468 g/mol. The summed E-state index contributed by atoms with van der Waals surface area (Å²) in [5, 5.41) is 7.69. The summed E-state index contributed by atoms with van der Waals surface area (Å²) in [7, 11) is 0. The minimum Gasteiger partial charge on any atom is -0.357 e. The number of nitrogens with zero attached hydrogens (tertiary/aromatic N) is 1. The molecule has 0 spiro atoms. The van der Waals surface area contributed by atoms with Gasteiger partial charge in [0.2, 0.25) is 0 Å². The predicted molar refractivity (Wildman–Crippen MR) is 115 cm³/mol. The average Bonchev–Trinajstić information content (AvgIpc) is 3.26. The first kappa shape index (κ1) is 20.9. The quantitative estimate of drug-likeness (QED) is 0.256. The van der Waals surface area contributed by atoms with Crippen molar-refractivity contribution in [2.24, 2.45) is 4.99 Å². The van der Waals surface area contributed by atoms with Gasteiger partial charge in [0.1, 0.15) is 0 Å². The van der Waals surface area contributed by atoms with Crippen LogP contribution in [0.5, 0.6) is 0 Å². The van der Waals surface area contributed by atoms with Crippen LogP contribution < -0.4 is 10.6 Å². The molecule has 1 aliphatic carbocycles. The van der Waals surface area contributed by atoms with Gasteiger partial charge in [-0.15, -0.1) is 24.0 Å². The van der Waals surface area contributed by atoms with Crippen molar-refractivity contribution in [3.63, 3.8) is 0 Å². The van der Waals surface area contributed by atoms with E-state index >= 15 is 0 Å². The zero-order valence-electron chi connectivity index (χ0n) is 13.8. The number of rotatable bonds is 8. The molecule has 0 heterocycles. The highest BCUT2D eigenvalue weighted by Gasteiger charge is 2.39. The van der Waals surface area contributed by atoms with E-state index in [1.165, 1.54) is 17.7 Å². The van der Waals surface area contributed by atoms with Crippen molar-refractivity contribution < 1.29 is 0 Å². The highest BCUT2D eigenvalue weighted by atomic mass is 127. The van der Waals surface area contributed by atoms with E-state index in [4.69, 9.17) is 11.6 Å². The third kappa shape index (κ3) is 7.52. The molecule has 0 saturated heterocycles. The Morgan fingerprint density at radius 1 is 1.39 bits per heavy atom. The van der Waals surface area contributed by atoms with E-state index < -0.39 is 0 Å². The molecule has 6 heteroatoms. The Morgan fingerprint density at radius 3 is 2.91 bits per heavy atom. The number of guanidine groups is 1. The van der Waals surface area contributed by atoms with Gasteiger partial charge in [0.15, 0.2) is 5.96 Å². The lowest BCUT2D eigenvalue weighted by Gasteiger charge is -2.11. The maximum absolute atomic E-state index is 6.07. The van der Waals surface area contributed by atoms with Crippen LogP contribution in [0.25, 0.3) is 0 Å². The fourth-order valence-corrected chi connectivity index (χ4v) is 3.20. The molecule has 2 unspecified atom stereocenters. The first-order chi connectivity index (χ1) is 10.7. The van der Waals surface area contributed by atoms with Crippen LogP contribution in [0.3, 0.4) is 0 Å². The van der Waals surface area contributed by atoms with Gasteiger partial charge in [-0.05, 0) is 55.9 Å². The predicted octanol–water partition coefficient (Wildman–Crippen LogP) is 4.51. The van der Waals surface area contributed by atoms with E-state index in [1.54, 1.807) is 0 Å². The third-order valence-corrected chi connectivity index (χ3v) is 4.69. The van der Waals surface area contributed by atoms with E-state index in [2.05, 4.69) is 40.9 Å². The van der Waals surface area contributed by atoms with E-state index in [-0.39, 0.29) is 24.0 Å². The zero-order chi connectivity index (χ0) is 15.8. The number of hydrogen-bond donors (Lipinski definition) is 2. The molecule has 1 aromatic carbocycles. The molecule has 1 fully saturated rings. The lowest BCUT2D eigenvalue weighted by Crippen LogP contribution is -2.39. The number of thioether (sulfide) groups is 1. The molecular formula is C17H27ClIN3S. The van der Waals surface area contributed by atoms with Crippen LogP contribution in [0.2, 0.25) is 5.02 Å². The summed E-state index contributed by atoms with van der Waals surface area (Å²) >= 11 is 7.97. The van der Waals surface area contributed by atoms with Gasteiger partial charge >= 0.3 is 0 Å². The lowest BCUT2D eigenvalue weighted by atomic mass is 10.1. The van der Waals surface area contributed by atoms with Crippen LogP contribution in [0, 0.1) is 0 Å². The van der Waals surface area contributed by atoms with Crippen molar-refractivity contribution >= 4 is 53.3 Å². The molecule has 1 aliphatic rings. The van der Waals surface area contributed by atoms with Gasteiger partial charge in [-0.3, -0.25) is 4.99 Å². The highest BCUT2D eigenvalue weighted by molar-refractivity contribution is 14.0. The molecule has 2 rings (SSSR count). The molecular weight excluding hydrogens is 441 g/mol. The molecule has 1 saturated carbocycles. The molecule has 1 aromatic rings. The van der Waals surface area contributed by atoms with Crippen molar-refractivity contribution in [2.75, 3.05) is 25.1 Å². The van der Waals surface area contributed by atoms with Gasteiger partial charge < -0.3 is 10.6 Å². The van der Waals surface area contributed by atoms with Gasteiger partial charge in [-0.2, -0.15) is 11.8 Å². The van der Waals surface area contributed by atoms with Crippen molar-refractivity contribution in [2.45, 2.75) is 38.1 Å². The molecule has 2 atom stereocenters. The number of unbranched alkanes of at least 4 members (excludes halogenated alkanes) is 1. The van der Waals surface area contributed by atoms with Crippen molar-refractivity contribution in [3.05, 3.63) is 34.9 Å². The Kier molecular flexibility index (Phi) is 10.4. The van der Waals surface area contributed by atoms with Gasteiger partial charge in [-0.25, -0.2) is 0 Å².